The van der Waals surface area contributed by atoms with Crippen molar-refractivity contribution < 1.29 is 13.5 Å². The van der Waals surface area contributed by atoms with Crippen molar-refractivity contribution in [2.24, 2.45) is 0 Å². The molecule has 0 aromatic heterocycles. The topological polar surface area (TPSA) is 66.4 Å². The number of rotatable bonds is 6. The summed E-state index contributed by atoms with van der Waals surface area (Å²) in [7, 11) is -3.73. The molecule has 0 aliphatic carbocycles. The van der Waals surface area contributed by atoms with Gasteiger partial charge in [0, 0.05) is 15.7 Å². The number of hydrogen-bond donors (Lipinski definition) is 2. The standard InChI is InChI=1S/C21H19Cl2NO3S/c1-14(25)16-3-2-4-19(12-16)24-28(26,27)20-9-5-15(6-10-20)11-17-7-8-18(22)13-21(17)23/h2-10,12-14,24-25H,11H2,1H3. The second-order valence-corrected chi connectivity index (χ2v) is 8.99. The Kier molecular flexibility index (Phi) is 6.30. The molecule has 3 aromatic rings. The van der Waals surface area contributed by atoms with Crippen LogP contribution in [0.25, 0.3) is 0 Å². The van der Waals surface area contributed by atoms with Crippen molar-refractivity contribution in [3.05, 3.63) is 93.5 Å². The molecule has 3 rings (SSSR count). The Morgan fingerprint density at radius 2 is 1.71 bits per heavy atom. The molecule has 0 spiro atoms. The average molecular weight is 436 g/mol. The molecule has 0 saturated carbocycles. The van der Waals surface area contributed by atoms with Gasteiger partial charge in [-0.05, 0) is 66.4 Å². The maximum atomic E-state index is 12.6. The zero-order chi connectivity index (χ0) is 20.3. The van der Waals surface area contributed by atoms with Crippen LogP contribution in [-0.4, -0.2) is 13.5 Å². The molecule has 0 amide bonds. The Morgan fingerprint density at radius 3 is 2.36 bits per heavy atom. The summed E-state index contributed by atoms with van der Waals surface area (Å²) in [5.41, 5.74) is 2.87. The van der Waals surface area contributed by atoms with Crippen LogP contribution in [0, 0.1) is 0 Å². The summed E-state index contributed by atoms with van der Waals surface area (Å²) in [4.78, 5) is 0.154. The Bertz CT molecular complexity index is 1080. The zero-order valence-electron chi connectivity index (χ0n) is 15.1. The lowest BCUT2D eigenvalue weighted by atomic mass is 10.1. The minimum Gasteiger partial charge on any atom is -0.389 e. The number of nitrogens with one attached hydrogen (secondary N) is 1. The summed E-state index contributed by atoms with van der Waals surface area (Å²) in [6.07, 6.45) is -0.108. The summed E-state index contributed by atoms with van der Waals surface area (Å²) in [6, 6.07) is 18.6. The number of aliphatic hydroxyl groups is 1. The van der Waals surface area contributed by atoms with Crippen molar-refractivity contribution in [2.45, 2.75) is 24.3 Å². The molecule has 3 aromatic carbocycles. The maximum Gasteiger partial charge on any atom is 0.261 e. The largest absolute Gasteiger partial charge is 0.389 e. The van der Waals surface area contributed by atoms with Gasteiger partial charge in [-0.15, -0.1) is 0 Å². The third kappa shape index (κ3) is 5.06. The first-order valence-corrected chi connectivity index (χ1v) is 10.8. The fourth-order valence-corrected chi connectivity index (χ4v) is 4.27. The number of benzene rings is 3. The number of aliphatic hydroxyl groups excluding tert-OH is 1. The van der Waals surface area contributed by atoms with Crippen LogP contribution >= 0.6 is 23.2 Å². The highest BCUT2D eigenvalue weighted by molar-refractivity contribution is 7.92. The second kappa shape index (κ2) is 8.53. The van der Waals surface area contributed by atoms with E-state index >= 15 is 0 Å². The molecule has 1 unspecified atom stereocenters. The first-order valence-electron chi connectivity index (χ1n) is 8.58. The summed E-state index contributed by atoms with van der Waals surface area (Å²) < 4.78 is 27.8. The van der Waals surface area contributed by atoms with Gasteiger partial charge in [-0.1, -0.05) is 53.5 Å². The smallest absolute Gasteiger partial charge is 0.261 e. The van der Waals surface area contributed by atoms with Crippen molar-refractivity contribution in [3.8, 4) is 0 Å². The maximum absolute atomic E-state index is 12.6. The van der Waals surface area contributed by atoms with E-state index < -0.39 is 16.1 Å². The van der Waals surface area contributed by atoms with Gasteiger partial charge in [-0.2, -0.15) is 0 Å². The minimum absolute atomic E-state index is 0.154. The molecule has 146 valence electrons. The quantitative estimate of drug-likeness (QED) is 0.541. The summed E-state index contributed by atoms with van der Waals surface area (Å²) in [5.74, 6) is 0. The predicted molar refractivity (Wildman–Crippen MR) is 114 cm³/mol. The molecule has 4 nitrogen and oxygen atoms in total. The van der Waals surface area contributed by atoms with E-state index in [0.717, 1.165) is 11.1 Å². The molecule has 1 atom stereocenters. The van der Waals surface area contributed by atoms with Gasteiger partial charge in [0.15, 0.2) is 0 Å². The molecule has 0 radical (unpaired) electrons. The molecule has 0 saturated heterocycles. The van der Waals surface area contributed by atoms with Gasteiger partial charge >= 0.3 is 0 Å². The third-order valence-electron chi connectivity index (χ3n) is 4.26. The van der Waals surface area contributed by atoms with E-state index in [1.807, 2.05) is 6.07 Å². The van der Waals surface area contributed by atoms with Gasteiger partial charge < -0.3 is 5.11 Å². The molecular formula is C21H19Cl2NO3S. The van der Waals surface area contributed by atoms with Crippen molar-refractivity contribution in [1.82, 2.24) is 0 Å². The van der Waals surface area contributed by atoms with E-state index in [1.54, 1.807) is 67.6 Å². The molecule has 0 aliphatic rings. The fraction of sp³-hybridized carbons (Fsp3) is 0.143. The Morgan fingerprint density at radius 1 is 1.00 bits per heavy atom. The lowest BCUT2D eigenvalue weighted by Gasteiger charge is -2.11. The van der Waals surface area contributed by atoms with Gasteiger partial charge in [0.2, 0.25) is 0 Å². The van der Waals surface area contributed by atoms with Gasteiger partial charge in [0.1, 0.15) is 0 Å². The Balaban J connectivity index is 1.77. The number of sulfonamides is 1. The second-order valence-electron chi connectivity index (χ2n) is 6.46. The highest BCUT2D eigenvalue weighted by atomic mass is 35.5. The number of anilines is 1. The molecule has 2 N–H and O–H groups in total. The molecule has 0 heterocycles. The SMILES string of the molecule is CC(O)c1cccc(NS(=O)(=O)c2ccc(Cc3ccc(Cl)cc3Cl)cc2)c1. The minimum atomic E-state index is -3.73. The van der Waals surface area contributed by atoms with Crippen LogP contribution in [0.5, 0.6) is 0 Å². The molecule has 7 heteroatoms. The molecule has 0 fully saturated rings. The lowest BCUT2D eigenvalue weighted by molar-refractivity contribution is 0.199. The number of hydrogen-bond acceptors (Lipinski definition) is 3. The van der Waals surface area contributed by atoms with Gasteiger partial charge in [0.25, 0.3) is 10.0 Å². The third-order valence-corrected chi connectivity index (χ3v) is 6.25. The first-order chi connectivity index (χ1) is 13.2. The van der Waals surface area contributed by atoms with E-state index in [1.165, 1.54) is 0 Å². The van der Waals surface area contributed by atoms with E-state index in [0.29, 0.717) is 27.7 Å². The van der Waals surface area contributed by atoms with Crippen LogP contribution in [0.2, 0.25) is 10.0 Å². The van der Waals surface area contributed by atoms with E-state index in [4.69, 9.17) is 23.2 Å². The zero-order valence-corrected chi connectivity index (χ0v) is 17.4. The van der Waals surface area contributed by atoms with Crippen LogP contribution in [0.15, 0.2) is 71.6 Å². The van der Waals surface area contributed by atoms with Gasteiger partial charge in [0.05, 0.1) is 11.0 Å². The molecular weight excluding hydrogens is 417 g/mol. The summed E-state index contributed by atoms with van der Waals surface area (Å²) >= 11 is 12.1. The lowest BCUT2D eigenvalue weighted by Crippen LogP contribution is -2.13. The van der Waals surface area contributed by atoms with Gasteiger partial charge in [-0.3, -0.25) is 4.72 Å². The van der Waals surface area contributed by atoms with Crippen LogP contribution in [-0.2, 0) is 16.4 Å². The molecule has 28 heavy (non-hydrogen) atoms. The first kappa shape index (κ1) is 20.7. The van der Waals surface area contributed by atoms with Crippen molar-refractivity contribution in [2.75, 3.05) is 4.72 Å². The van der Waals surface area contributed by atoms with Crippen LogP contribution in [0.4, 0.5) is 5.69 Å². The van der Waals surface area contributed by atoms with Gasteiger partial charge in [-0.25, -0.2) is 8.42 Å². The van der Waals surface area contributed by atoms with E-state index in [9.17, 15) is 13.5 Å². The average Bonchev–Trinajstić information content (AvgIpc) is 2.64. The van der Waals surface area contributed by atoms with Crippen molar-refractivity contribution >= 4 is 38.9 Å². The van der Waals surface area contributed by atoms with Crippen molar-refractivity contribution in [1.29, 1.82) is 0 Å². The van der Waals surface area contributed by atoms with Crippen LogP contribution < -0.4 is 4.72 Å². The monoisotopic (exact) mass is 435 g/mol. The highest BCUT2D eigenvalue weighted by Gasteiger charge is 2.15. The fourth-order valence-electron chi connectivity index (χ4n) is 2.75. The van der Waals surface area contributed by atoms with E-state index in [2.05, 4.69) is 4.72 Å². The molecule has 0 bridgehead atoms. The van der Waals surface area contributed by atoms with Crippen LogP contribution in [0.3, 0.4) is 0 Å². The summed E-state index contributed by atoms with van der Waals surface area (Å²) in [5, 5.41) is 10.8. The summed E-state index contributed by atoms with van der Waals surface area (Å²) in [6.45, 7) is 1.62. The number of halogens is 2. The highest BCUT2D eigenvalue weighted by Crippen LogP contribution is 2.25. The molecule has 0 aliphatic heterocycles. The Labute approximate surface area is 174 Å². The van der Waals surface area contributed by atoms with Crippen molar-refractivity contribution in [3.63, 3.8) is 0 Å². The normalized spacial score (nSPS) is 12.6. The predicted octanol–water partition coefficient (Wildman–Crippen LogP) is 5.44. The Hall–Kier alpha value is -2.05. The van der Waals surface area contributed by atoms with E-state index in [-0.39, 0.29) is 4.90 Å². The van der Waals surface area contributed by atoms with Crippen LogP contribution in [0.1, 0.15) is 29.7 Å².